The van der Waals surface area contributed by atoms with Gasteiger partial charge in [-0.3, -0.25) is 14.6 Å². The van der Waals surface area contributed by atoms with Crippen LogP contribution in [0.3, 0.4) is 0 Å². The quantitative estimate of drug-likeness (QED) is 0.0626. The fraction of sp³-hybridized carbons (Fsp3) is 0.164. The summed E-state index contributed by atoms with van der Waals surface area (Å²) in [4.78, 5) is 29.7. The lowest BCUT2D eigenvalue weighted by molar-refractivity contribution is -0.685. The van der Waals surface area contributed by atoms with E-state index >= 15 is 0 Å². The number of aromatic nitrogens is 2. The number of ketones is 2. The van der Waals surface area contributed by atoms with Gasteiger partial charge in [0.05, 0.1) is 50.7 Å². The zero-order valence-electron chi connectivity index (χ0n) is 41.2. The number of Topliss-reactive ketones (excluding diaryl/α,β-unsaturated/α-hetero) is 1. The van der Waals surface area contributed by atoms with Crippen molar-refractivity contribution < 1.29 is 120 Å². The number of carbonyl (C=O) groups excluding carboxylic acids is 2. The van der Waals surface area contributed by atoms with Crippen molar-refractivity contribution >= 4 is 50.3 Å². The number of hydrogen-bond acceptors (Lipinski definition) is 3. The summed E-state index contributed by atoms with van der Waals surface area (Å²) in [5.41, 5.74) is -28.6. The molecule has 0 saturated heterocycles. The normalized spacial score (nSPS) is 13.1. The Bertz CT molecular complexity index is 3320. The van der Waals surface area contributed by atoms with Gasteiger partial charge in [-0.25, -0.2) is 0 Å². The molecule has 0 aliphatic rings. The fourth-order valence-corrected chi connectivity index (χ4v) is 9.13. The van der Waals surface area contributed by atoms with E-state index in [2.05, 4.69) is 4.98 Å². The molecule has 1 heterocycles. The maximum Gasteiger partial charge on any atom is 0.416 e. The summed E-state index contributed by atoms with van der Waals surface area (Å²) < 4.78 is 342. The van der Waals surface area contributed by atoms with Crippen LogP contribution in [-0.2, 0) is 56.0 Å². The van der Waals surface area contributed by atoms with Crippen LogP contribution in [0.2, 0.25) is 0 Å². The largest absolute Gasteiger partial charge is 0.416 e. The number of nitrogens with zero attached hydrogens (tertiary/aromatic N) is 2. The third-order valence-corrected chi connectivity index (χ3v) is 12.9. The van der Waals surface area contributed by atoms with Gasteiger partial charge in [0.25, 0.3) is 11.5 Å². The Morgan fingerprint density at radius 1 is 0.357 bits per heavy atom. The molecule has 4 nitrogen and oxygen atoms in total. The van der Waals surface area contributed by atoms with Gasteiger partial charge in [0.2, 0.25) is 12.3 Å². The summed E-state index contributed by atoms with van der Waals surface area (Å²) in [6.45, 7) is 0.0845. The van der Waals surface area contributed by atoms with Gasteiger partial charge in [-0.15, -0.1) is 0 Å². The first-order chi connectivity index (χ1) is 38.5. The zero-order chi connectivity index (χ0) is 62.6. The van der Waals surface area contributed by atoms with Crippen LogP contribution in [0.25, 0.3) is 10.8 Å². The molecule has 0 unspecified atom stereocenters. The molecule has 0 amide bonds. The Morgan fingerprint density at radius 3 is 0.988 bits per heavy atom. The van der Waals surface area contributed by atoms with E-state index in [0.717, 1.165) is 10.8 Å². The van der Waals surface area contributed by atoms with Crippen molar-refractivity contribution in [2.45, 2.75) is 56.0 Å². The smallest absolute Gasteiger partial charge is 0.287 e. The first kappa shape index (κ1) is 63.2. The molecule has 0 fully saturated rings. The molecule has 0 spiro atoms. The third kappa shape index (κ3) is 14.0. The van der Waals surface area contributed by atoms with Crippen LogP contribution < -0.4 is 26.4 Å². The number of hydrogen-bond donors (Lipinski definition) is 0. The molecule has 1 aromatic heterocycles. The molecule has 7 aromatic carbocycles. The summed E-state index contributed by atoms with van der Waals surface area (Å²) in [6, 6.07) is 13.7. The van der Waals surface area contributed by atoms with Crippen LogP contribution >= 0.6 is 0 Å². The average molecular weight is 1220 g/mol. The summed E-state index contributed by atoms with van der Waals surface area (Å²) in [5.74, 6) is -0.214. The standard InChI is InChI=1S/C32H12BF24.C23H17N2O2/c34-25(35,36)13-1-14(26(37,38)39)6-21(5-13)33(22-7-15(27(40,41)42)2-16(8-22)28(43,44)45,23-9-17(29(46,47)48)3-18(10-23)30(49,50)51)24-11-19(31(52,53)54)4-20(12-24)32(55,56)57;26-22(18-7-2-1-3-8-18)16-25-13-12-24-15-21(25)23(27)20-11-10-17-6-4-5-9-19(17)14-20/h1-12H;1-15H,16H2/q-1;+1. The number of fused-ring (bicyclic) bond motifs is 1. The predicted molar refractivity (Wildman–Crippen MR) is 253 cm³/mol. The average Bonchev–Trinajstić information content (AvgIpc) is 0.849. The summed E-state index contributed by atoms with van der Waals surface area (Å²) in [6.07, 6.45) is -50.1. The maximum atomic E-state index is 14.2. The second kappa shape index (κ2) is 22.3. The summed E-state index contributed by atoms with van der Waals surface area (Å²) in [5, 5.41) is 2.08. The maximum absolute atomic E-state index is 14.2. The molecule has 442 valence electrons. The van der Waals surface area contributed by atoms with Gasteiger partial charge in [0.15, 0.2) is 6.20 Å². The number of benzene rings is 7. The molecule has 0 aliphatic carbocycles. The van der Waals surface area contributed by atoms with Crippen molar-refractivity contribution in [2.75, 3.05) is 0 Å². The zero-order valence-corrected chi connectivity index (χ0v) is 41.2. The monoisotopic (exact) mass is 1220 g/mol. The first-order valence-electron chi connectivity index (χ1n) is 23.3. The number of halogens is 24. The molecule has 0 N–H and O–H groups in total. The lowest BCUT2D eigenvalue weighted by atomic mass is 9.12. The van der Waals surface area contributed by atoms with Gasteiger partial charge >= 0.3 is 49.4 Å². The second-order valence-corrected chi connectivity index (χ2v) is 18.5. The van der Waals surface area contributed by atoms with Crippen molar-refractivity contribution in [2.24, 2.45) is 0 Å². The first-order valence-corrected chi connectivity index (χ1v) is 23.3. The minimum absolute atomic E-state index is 0.0561. The van der Waals surface area contributed by atoms with Gasteiger partial charge in [-0.1, -0.05) is 115 Å². The van der Waals surface area contributed by atoms with Gasteiger partial charge in [0, 0.05) is 11.1 Å². The summed E-state index contributed by atoms with van der Waals surface area (Å²) >= 11 is 0. The van der Waals surface area contributed by atoms with Crippen LogP contribution in [0.15, 0.2) is 164 Å². The van der Waals surface area contributed by atoms with Crippen LogP contribution in [0.5, 0.6) is 0 Å². The van der Waals surface area contributed by atoms with E-state index in [4.69, 9.17) is 0 Å². The highest BCUT2D eigenvalue weighted by atomic mass is 19.4. The third-order valence-electron chi connectivity index (χ3n) is 12.9. The topological polar surface area (TPSA) is 50.9 Å². The van der Waals surface area contributed by atoms with Crippen LogP contribution in [0.1, 0.15) is 70.9 Å². The van der Waals surface area contributed by atoms with Crippen LogP contribution in [-0.4, -0.2) is 22.7 Å². The molecule has 29 heteroatoms. The molecular formula is C55H29BF24N2O2. The van der Waals surface area contributed by atoms with Crippen molar-refractivity contribution in [3.63, 3.8) is 0 Å². The van der Waals surface area contributed by atoms with Crippen molar-refractivity contribution in [3.05, 3.63) is 226 Å². The Labute approximate surface area is 455 Å². The predicted octanol–water partition coefficient (Wildman–Crippen LogP) is 14.9. The number of rotatable bonds is 9. The van der Waals surface area contributed by atoms with E-state index in [0.29, 0.717) is 16.8 Å². The highest BCUT2D eigenvalue weighted by Crippen LogP contribution is 2.41. The van der Waals surface area contributed by atoms with E-state index in [1.54, 1.807) is 35.2 Å². The van der Waals surface area contributed by atoms with Crippen molar-refractivity contribution in [1.82, 2.24) is 4.98 Å². The molecule has 0 atom stereocenters. The molecule has 8 aromatic rings. The number of alkyl halides is 24. The van der Waals surface area contributed by atoms with Crippen molar-refractivity contribution in [1.29, 1.82) is 0 Å². The van der Waals surface area contributed by atoms with Gasteiger partial charge in [-0.2, -0.15) is 132 Å². The van der Waals surface area contributed by atoms with Gasteiger partial charge in [-0.05, 0) is 41.1 Å². The van der Waals surface area contributed by atoms with E-state index in [1.807, 2.05) is 54.6 Å². The summed E-state index contributed by atoms with van der Waals surface area (Å²) in [7, 11) is 0. The molecule has 84 heavy (non-hydrogen) atoms. The molecule has 0 saturated carbocycles. The van der Waals surface area contributed by atoms with E-state index in [-0.39, 0.29) is 18.1 Å². The second-order valence-electron chi connectivity index (χ2n) is 18.5. The highest BCUT2D eigenvalue weighted by molar-refractivity contribution is 7.20. The lowest BCUT2D eigenvalue weighted by Gasteiger charge is -2.46. The molecule has 8 rings (SSSR count). The minimum Gasteiger partial charge on any atom is -0.287 e. The molecule has 0 bridgehead atoms. The molecule has 0 radical (unpaired) electrons. The van der Waals surface area contributed by atoms with Gasteiger partial charge in [0.1, 0.15) is 12.3 Å². The Morgan fingerprint density at radius 2 is 0.667 bits per heavy atom. The molecule has 0 aliphatic heterocycles. The minimum atomic E-state index is -6.13. The highest BCUT2D eigenvalue weighted by Gasteiger charge is 2.47. The number of carbonyl (C=O) groups is 2. The Hall–Kier alpha value is -8.40. The Balaban J connectivity index is 0.000000309. The van der Waals surface area contributed by atoms with E-state index < -0.39 is 195 Å². The lowest BCUT2D eigenvalue weighted by Crippen LogP contribution is -2.75. The van der Waals surface area contributed by atoms with E-state index in [1.165, 1.54) is 6.20 Å². The van der Waals surface area contributed by atoms with Crippen molar-refractivity contribution in [3.8, 4) is 0 Å². The van der Waals surface area contributed by atoms with Gasteiger partial charge < -0.3 is 0 Å². The van der Waals surface area contributed by atoms with Crippen LogP contribution in [0, 0.1) is 0 Å². The van der Waals surface area contributed by atoms with E-state index in [9.17, 15) is 115 Å². The van der Waals surface area contributed by atoms with Crippen LogP contribution in [0.4, 0.5) is 105 Å². The SMILES string of the molecule is FC(F)(F)c1cc([B-](c2cc(C(F)(F)F)cc(C(F)(F)F)c2)(c2cc(C(F)(F)F)cc(C(F)(F)F)c2)c2cc(C(F)(F)F)cc(C(F)(F)F)c2)cc(C(F)(F)F)c1.O=C(C[n+]1ccncc1C(=O)c1ccc2ccccc2c1)c1ccccc1. The fourth-order valence-electron chi connectivity index (χ4n) is 9.13. The Kier molecular flexibility index (Phi) is 16.8. The molecular weight excluding hydrogens is 1190 g/mol.